The lowest BCUT2D eigenvalue weighted by molar-refractivity contribution is 0.0722. The van der Waals surface area contributed by atoms with Crippen LogP contribution in [0.3, 0.4) is 0 Å². The summed E-state index contributed by atoms with van der Waals surface area (Å²) in [7, 11) is 0. The molecule has 1 aromatic rings. The van der Waals surface area contributed by atoms with Crippen molar-refractivity contribution in [3.63, 3.8) is 0 Å². The van der Waals surface area contributed by atoms with Crippen LogP contribution in [0.5, 0.6) is 0 Å². The third kappa shape index (κ3) is 4.35. The van der Waals surface area contributed by atoms with E-state index in [1.807, 2.05) is 37.4 Å². The molecule has 0 aliphatic heterocycles. The average molecular weight is 267 g/mol. The van der Waals surface area contributed by atoms with Crippen LogP contribution in [0.2, 0.25) is 0 Å². The molecule has 0 aromatic heterocycles. The van der Waals surface area contributed by atoms with Gasteiger partial charge in [0.05, 0.1) is 6.61 Å². The molecule has 0 bridgehead atoms. The van der Waals surface area contributed by atoms with Crippen molar-refractivity contribution in [2.75, 3.05) is 26.0 Å². The first-order valence-corrected chi connectivity index (χ1v) is 7.60. The Morgan fingerprint density at radius 1 is 1.39 bits per heavy atom. The second-order valence-electron chi connectivity index (χ2n) is 4.15. The SMILES string of the molecule is CCCN(CCO)C(=O)c1cccc(CSC)c1. The quantitative estimate of drug-likeness (QED) is 0.824. The summed E-state index contributed by atoms with van der Waals surface area (Å²) in [6.45, 7) is 3.13. The predicted molar refractivity (Wildman–Crippen MR) is 76.9 cm³/mol. The minimum absolute atomic E-state index is 0.00820. The molecule has 4 heteroatoms. The van der Waals surface area contributed by atoms with E-state index in [1.165, 1.54) is 0 Å². The monoisotopic (exact) mass is 267 g/mol. The van der Waals surface area contributed by atoms with Gasteiger partial charge < -0.3 is 10.0 Å². The van der Waals surface area contributed by atoms with Gasteiger partial charge >= 0.3 is 0 Å². The molecule has 0 spiro atoms. The highest BCUT2D eigenvalue weighted by molar-refractivity contribution is 7.97. The van der Waals surface area contributed by atoms with Crippen molar-refractivity contribution in [2.45, 2.75) is 19.1 Å². The maximum Gasteiger partial charge on any atom is 0.253 e. The highest BCUT2D eigenvalue weighted by Gasteiger charge is 2.14. The van der Waals surface area contributed by atoms with E-state index < -0.39 is 0 Å². The zero-order valence-corrected chi connectivity index (χ0v) is 11.9. The molecule has 3 nitrogen and oxygen atoms in total. The summed E-state index contributed by atoms with van der Waals surface area (Å²) in [5, 5.41) is 9.00. The van der Waals surface area contributed by atoms with Gasteiger partial charge in [0, 0.05) is 24.4 Å². The van der Waals surface area contributed by atoms with Gasteiger partial charge in [-0.15, -0.1) is 0 Å². The zero-order valence-electron chi connectivity index (χ0n) is 11.1. The maximum atomic E-state index is 12.3. The van der Waals surface area contributed by atoms with Crippen molar-refractivity contribution < 1.29 is 9.90 Å². The minimum atomic E-state index is 0.00820. The van der Waals surface area contributed by atoms with E-state index in [-0.39, 0.29) is 12.5 Å². The fraction of sp³-hybridized carbons (Fsp3) is 0.500. The average Bonchev–Trinajstić information content (AvgIpc) is 2.38. The number of aliphatic hydroxyl groups excluding tert-OH is 1. The van der Waals surface area contributed by atoms with Gasteiger partial charge in [-0.3, -0.25) is 4.79 Å². The molecule has 0 atom stereocenters. The van der Waals surface area contributed by atoms with E-state index in [2.05, 4.69) is 0 Å². The van der Waals surface area contributed by atoms with E-state index >= 15 is 0 Å². The molecule has 0 radical (unpaired) electrons. The van der Waals surface area contributed by atoms with E-state index in [9.17, 15) is 4.79 Å². The van der Waals surface area contributed by atoms with Gasteiger partial charge in [0.2, 0.25) is 0 Å². The number of aliphatic hydroxyl groups is 1. The molecule has 1 amide bonds. The molecule has 0 aliphatic carbocycles. The van der Waals surface area contributed by atoms with E-state index in [0.29, 0.717) is 18.7 Å². The van der Waals surface area contributed by atoms with Crippen LogP contribution < -0.4 is 0 Å². The van der Waals surface area contributed by atoms with Gasteiger partial charge in [-0.05, 0) is 30.4 Å². The standard InChI is InChI=1S/C14H21NO2S/c1-3-7-15(8-9-16)14(17)13-6-4-5-12(10-13)11-18-2/h4-6,10,16H,3,7-9,11H2,1-2H3. The molecule has 18 heavy (non-hydrogen) atoms. The Morgan fingerprint density at radius 3 is 2.78 bits per heavy atom. The Balaban J connectivity index is 2.82. The first-order chi connectivity index (χ1) is 8.72. The molecular weight excluding hydrogens is 246 g/mol. The first kappa shape index (κ1) is 15.1. The lowest BCUT2D eigenvalue weighted by atomic mass is 10.1. The number of hydrogen-bond acceptors (Lipinski definition) is 3. The molecule has 1 rings (SSSR count). The van der Waals surface area contributed by atoms with Gasteiger partial charge in [-0.2, -0.15) is 11.8 Å². The largest absolute Gasteiger partial charge is 0.395 e. The van der Waals surface area contributed by atoms with E-state index in [0.717, 1.165) is 17.7 Å². The fourth-order valence-electron chi connectivity index (χ4n) is 1.85. The highest BCUT2D eigenvalue weighted by Crippen LogP contribution is 2.13. The Hall–Kier alpha value is -1.00. The number of nitrogens with zero attached hydrogens (tertiary/aromatic N) is 1. The smallest absolute Gasteiger partial charge is 0.253 e. The third-order valence-corrected chi connectivity index (χ3v) is 3.26. The minimum Gasteiger partial charge on any atom is -0.395 e. The Kier molecular flexibility index (Phi) is 6.83. The topological polar surface area (TPSA) is 40.5 Å². The van der Waals surface area contributed by atoms with Crippen molar-refractivity contribution >= 4 is 17.7 Å². The van der Waals surface area contributed by atoms with Crippen LogP contribution in [-0.2, 0) is 5.75 Å². The van der Waals surface area contributed by atoms with E-state index in [4.69, 9.17) is 5.11 Å². The number of thioether (sulfide) groups is 1. The summed E-state index contributed by atoms with van der Waals surface area (Å²) in [4.78, 5) is 14.0. The number of rotatable bonds is 7. The molecular formula is C14H21NO2S. The van der Waals surface area contributed by atoms with Gasteiger partial charge in [-0.25, -0.2) is 0 Å². The lowest BCUT2D eigenvalue weighted by Gasteiger charge is -2.21. The van der Waals surface area contributed by atoms with Crippen LogP contribution in [0.25, 0.3) is 0 Å². The lowest BCUT2D eigenvalue weighted by Crippen LogP contribution is -2.34. The molecule has 0 fully saturated rings. The van der Waals surface area contributed by atoms with Gasteiger partial charge in [0.25, 0.3) is 5.91 Å². The second-order valence-corrected chi connectivity index (χ2v) is 5.02. The van der Waals surface area contributed by atoms with Crippen molar-refractivity contribution in [2.24, 2.45) is 0 Å². The number of hydrogen-bond donors (Lipinski definition) is 1. The predicted octanol–water partition coefficient (Wildman–Crippen LogP) is 2.39. The van der Waals surface area contributed by atoms with Crippen molar-refractivity contribution in [1.82, 2.24) is 4.90 Å². The molecule has 0 saturated heterocycles. The Bertz CT molecular complexity index is 376. The summed E-state index contributed by atoms with van der Waals surface area (Å²) < 4.78 is 0. The summed E-state index contributed by atoms with van der Waals surface area (Å²) in [5.41, 5.74) is 1.87. The summed E-state index contributed by atoms with van der Waals surface area (Å²) in [5.74, 6) is 0.920. The molecule has 0 aliphatic rings. The highest BCUT2D eigenvalue weighted by atomic mass is 32.2. The third-order valence-electron chi connectivity index (χ3n) is 2.64. The summed E-state index contributed by atoms with van der Waals surface area (Å²) in [6, 6.07) is 7.73. The molecule has 100 valence electrons. The van der Waals surface area contributed by atoms with Crippen LogP contribution in [0.15, 0.2) is 24.3 Å². The normalized spacial score (nSPS) is 10.4. The van der Waals surface area contributed by atoms with Crippen molar-refractivity contribution in [1.29, 1.82) is 0 Å². The van der Waals surface area contributed by atoms with Crippen LogP contribution in [0, 0.1) is 0 Å². The van der Waals surface area contributed by atoms with Gasteiger partial charge in [0.1, 0.15) is 0 Å². The summed E-state index contributed by atoms with van der Waals surface area (Å²) in [6.07, 6.45) is 2.94. The molecule has 0 saturated carbocycles. The first-order valence-electron chi connectivity index (χ1n) is 6.21. The number of amides is 1. The second kappa shape index (κ2) is 8.16. The zero-order chi connectivity index (χ0) is 13.4. The Morgan fingerprint density at radius 2 is 2.17 bits per heavy atom. The summed E-state index contributed by atoms with van der Waals surface area (Å²) >= 11 is 1.74. The molecule has 0 unspecified atom stereocenters. The van der Waals surface area contributed by atoms with Gasteiger partial charge in [-0.1, -0.05) is 19.1 Å². The van der Waals surface area contributed by atoms with Crippen molar-refractivity contribution in [3.8, 4) is 0 Å². The number of carbonyl (C=O) groups excluding carboxylic acids is 1. The molecule has 0 heterocycles. The molecule has 1 aromatic carbocycles. The van der Waals surface area contributed by atoms with E-state index in [1.54, 1.807) is 16.7 Å². The van der Waals surface area contributed by atoms with Crippen LogP contribution in [0.1, 0.15) is 29.3 Å². The number of carbonyl (C=O) groups is 1. The molecule has 1 N–H and O–H groups in total. The Labute approximate surface area is 113 Å². The maximum absolute atomic E-state index is 12.3. The number of benzene rings is 1. The van der Waals surface area contributed by atoms with Gasteiger partial charge in [0.15, 0.2) is 0 Å². The van der Waals surface area contributed by atoms with Crippen LogP contribution in [0.4, 0.5) is 0 Å². The van der Waals surface area contributed by atoms with Crippen LogP contribution in [-0.4, -0.2) is 41.9 Å². The fourth-order valence-corrected chi connectivity index (χ4v) is 2.36. The van der Waals surface area contributed by atoms with Crippen molar-refractivity contribution in [3.05, 3.63) is 35.4 Å². The van der Waals surface area contributed by atoms with Crippen LogP contribution >= 0.6 is 11.8 Å².